The SMILES string of the molecule is COC(=O)N1CCC(NC(=NCC(=O)N(C)C)NCCSc2ccccc2)CC1.I. The highest BCUT2D eigenvalue weighted by molar-refractivity contribution is 14.0. The highest BCUT2D eigenvalue weighted by Gasteiger charge is 2.23. The summed E-state index contributed by atoms with van der Waals surface area (Å²) in [5.41, 5.74) is 0. The van der Waals surface area contributed by atoms with Crippen LogP contribution in [0.5, 0.6) is 0 Å². The molecular weight excluding hydrogens is 517 g/mol. The van der Waals surface area contributed by atoms with Crippen molar-refractivity contribution in [3.63, 3.8) is 0 Å². The van der Waals surface area contributed by atoms with Gasteiger partial charge in [-0.2, -0.15) is 0 Å². The standard InChI is InChI=1S/C20H31N5O3S.HI/c1-24(2)18(26)15-22-19(21-11-14-29-17-7-5-4-6-8-17)23-16-9-12-25(13-10-16)20(27)28-3;/h4-8,16H,9-15H2,1-3H3,(H2,21,22,23);1H. The molecule has 10 heteroatoms. The third kappa shape index (κ3) is 9.41. The Hall–Kier alpha value is -1.69. The average molecular weight is 549 g/mol. The fourth-order valence-electron chi connectivity index (χ4n) is 2.82. The second-order valence-electron chi connectivity index (χ2n) is 6.92. The van der Waals surface area contributed by atoms with Crippen molar-refractivity contribution in [1.82, 2.24) is 20.4 Å². The number of amides is 2. The Labute approximate surface area is 200 Å². The lowest BCUT2D eigenvalue weighted by Crippen LogP contribution is -2.50. The predicted molar refractivity (Wildman–Crippen MR) is 132 cm³/mol. The number of hydrogen-bond donors (Lipinski definition) is 2. The minimum absolute atomic E-state index is 0. The zero-order valence-electron chi connectivity index (χ0n) is 17.8. The molecule has 0 unspecified atom stereocenters. The lowest BCUT2D eigenvalue weighted by atomic mass is 10.1. The highest BCUT2D eigenvalue weighted by Crippen LogP contribution is 2.16. The predicted octanol–water partition coefficient (Wildman–Crippen LogP) is 2.25. The number of ether oxygens (including phenoxy) is 1. The number of methoxy groups -OCH3 is 1. The molecular formula is C20H32IN5O3S. The summed E-state index contributed by atoms with van der Waals surface area (Å²) in [7, 11) is 4.84. The van der Waals surface area contributed by atoms with Crippen LogP contribution in [0.3, 0.4) is 0 Å². The van der Waals surface area contributed by atoms with Crippen molar-refractivity contribution in [2.45, 2.75) is 23.8 Å². The summed E-state index contributed by atoms with van der Waals surface area (Å²) in [6, 6.07) is 10.4. The maximum Gasteiger partial charge on any atom is 0.409 e. The lowest BCUT2D eigenvalue weighted by molar-refractivity contribution is -0.127. The third-order valence-corrected chi connectivity index (χ3v) is 5.56. The minimum Gasteiger partial charge on any atom is -0.453 e. The van der Waals surface area contributed by atoms with Gasteiger partial charge in [-0.1, -0.05) is 18.2 Å². The van der Waals surface area contributed by atoms with E-state index in [2.05, 4.69) is 27.8 Å². The van der Waals surface area contributed by atoms with Crippen LogP contribution >= 0.6 is 35.7 Å². The van der Waals surface area contributed by atoms with Gasteiger partial charge in [0.05, 0.1) is 7.11 Å². The monoisotopic (exact) mass is 549 g/mol. The van der Waals surface area contributed by atoms with Crippen LogP contribution in [0.4, 0.5) is 4.79 Å². The molecule has 1 fully saturated rings. The quantitative estimate of drug-likeness (QED) is 0.179. The van der Waals surface area contributed by atoms with E-state index in [1.165, 1.54) is 16.9 Å². The van der Waals surface area contributed by atoms with Crippen molar-refractivity contribution in [1.29, 1.82) is 0 Å². The average Bonchev–Trinajstić information content (AvgIpc) is 2.75. The molecule has 1 saturated heterocycles. The van der Waals surface area contributed by atoms with Crippen molar-refractivity contribution in [2.24, 2.45) is 4.99 Å². The molecule has 0 radical (unpaired) electrons. The molecule has 1 aromatic carbocycles. The Morgan fingerprint density at radius 2 is 1.90 bits per heavy atom. The van der Waals surface area contributed by atoms with E-state index in [9.17, 15) is 9.59 Å². The van der Waals surface area contributed by atoms with E-state index < -0.39 is 0 Å². The van der Waals surface area contributed by atoms with Crippen LogP contribution in [0.1, 0.15) is 12.8 Å². The van der Waals surface area contributed by atoms with Crippen molar-refractivity contribution in [3.05, 3.63) is 30.3 Å². The number of guanidine groups is 1. The lowest BCUT2D eigenvalue weighted by Gasteiger charge is -2.32. The number of piperidine rings is 1. The first-order valence-corrected chi connectivity index (χ1v) is 10.7. The summed E-state index contributed by atoms with van der Waals surface area (Å²) < 4.78 is 4.78. The van der Waals surface area contributed by atoms with Gasteiger partial charge in [0.1, 0.15) is 6.54 Å². The van der Waals surface area contributed by atoms with E-state index in [-0.39, 0.29) is 48.6 Å². The zero-order chi connectivity index (χ0) is 21.1. The topological polar surface area (TPSA) is 86.3 Å². The van der Waals surface area contributed by atoms with Crippen LogP contribution in [-0.2, 0) is 9.53 Å². The molecule has 1 aromatic rings. The molecule has 0 atom stereocenters. The molecule has 2 rings (SSSR count). The normalized spacial score (nSPS) is 14.5. The van der Waals surface area contributed by atoms with Crippen LogP contribution in [0, 0.1) is 0 Å². The van der Waals surface area contributed by atoms with Gasteiger partial charge in [-0.05, 0) is 25.0 Å². The Morgan fingerprint density at radius 1 is 1.23 bits per heavy atom. The Bertz CT molecular complexity index is 682. The number of thioether (sulfide) groups is 1. The number of carbonyl (C=O) groups excluding carboxylic acids is 2. The maximum absolute atomic E-state index is 11.9. The van der Waals surface area contributed by atoms with Crippen LogP contribution in [0.2, 0.25) is 0 Å². The largest absolute Gasteiger partial charge is 0.453 e. The fourth-order valence-corrected chi connectivity index (χ4v) is 3.61. The summed E-state index contributed by atoms with van der Waals surface area (Å²) in [6.45, 7) is 2.09. The van der Waals surface area contributed by atoms with Crippen molar-refractivity contribution in [3.8, 4) is 0 Å². The van der Waals surface area contributed by atoms with Gasteiger partial charge in [0.25, 0.3) is 0 Å². The van der Waals surface area contributed by atoms with Crippen molar-refractivity contribution >= 4 is 53.7 Å². The Balaban J connectivity index is 0.00000450. The second-order valence-corrected chi connectivity index (χ2v) is 8.09. The first-order valence-electron chi connectivity index (χ1n) is 9.75. The van der Waals surface area contributed by atoms with Crippen LogP contribution < -0.4 is 10.6 Å². The van der Waals surface area contributed by atoms with Gasteiger partial charge < -0.3 is 25.2 Å². The number of nitrogens with one attached hydrogen (secondary N) is 2. The molecule has 2 N–H and O–H groups in total. The van der Waals surface area contributed by atoms with E-state index in [1.807, 2.05) is 18.2 Å². The minimum atomic E-state index is -0.287. The fraction of sp³-hybridized carbons (Fsp3) is 0.550. The van der Waals surface area contributed by atoms with Crippen molar-refractivity contribution in [2.75, 3.05) is 53.1 Å². The summed E-state index contributed by atoms with van der Waals surface area (Å²) in [5.74, 6) is 1.46. The second kappa shape index (κ2) is 14.3. The van der Waals surface area contributed by atoms with E-state index in [1.54, 1.807) is 30.8 Å². The molecule has 0 bridgehead atoms. The number of rotatable bonds is 7. The molecule has 0 aromatic heterocycles. The molecule has 1 heterocycles. The number of carbonyl (C=O) groups is 2. The smallest absolute Gasteiger partial charge is 0.409 e. The number of benzene rings is 1. The van der Waals surface area contributed by atoms with Gasteiger partial charge >= 0.3 is 6.09 Å². The van der Waals surface area contributed by atoms with Gasteiger partial charge in [0.2, 0.25) is 5.91 Å². The van der Waals surface area contributed by atoms with E-state index >= 15 is 0 Å². The molecule has 30 heavy (non-hydrogen) atoms. The Morgan fingerprint density at radius 3 is 2.50 bits per heavy atom. The number of aliphatic imine (C=N–C) groups is 1. The van der Waals surface area contributed by atoms with Crippen LogP contribution in [-0.4, -0.2) is 86.9 Å². The summed E-state index contributed by atoms with van der Waals surface area (Å²) in [6.07, 6.45) is 1.32. The van der Waals surface area contributed by atoms with Gasteiger partial charge in [-0.15, -0.1) is 35.7 Å². The number of nitrogens with zero attached hydrogens (tertiary/aromatic N) is 3. The van der Waals surface area contributed by atoms with Crippen LogP contribution in [0.15, 0.2) is 40.2 Å². The van der Waals surface area contributed by atoms with Crippen LogP contribution in [0.25, 0.3) is 0 Å². The van der Waals surface area contributed by atoms with E-state index in [4.69, 9.17) is 4.74 Å². The molecule has 0 aliphatic carbocycles. The summed E-state index contributed by atoms with van der Waals surface area (Å²) in [4.78, 5) is 32.4. The molecule has 1 aliphatic rings. The van der Waals surface area contributed by atoms with Gasteiger partial charge in [0, 0.05) is 50.4 Å². The Kier molecular flexibility index (Phi) is 12.6. The summed E-state index contributed by atoms with van der Waals surface area (Å²) >= 11 is 1.77. The number of likely N-dealkylation sites (tertiary alicyclic amines) is 1. The van der Waals surface area contributed by atoms with Gasteiger partial charge in [0.15, 0.2) is 5.96 Å². The van der Waals surface area contributed by atoms with Gasteiger partial charge in [-0.3, -0.25) is 4.79 Å². The number of hydrogen-bond acceptors (Lipinski definition) is 5. The van der Waals surface area contributed by atoms with E-state index in [0.717, 1.165) is 25.1 Å². The van der Waals surface area contributed by atoms with E-state index in [0.29, 0.717) is 19.0 Å². The molecule has 1 aliphatic heterocycles. The first-order chi connectivity index (χ1) is 14.0. The van der Waals surface area contributed by atoms with Crippen molar-refractivity contribution < 1.29 is 14.3 Å². The zero-order valence-corrected chi connectivity index (χ0v) is 20.9. The molecule has 8 nitrogen and oxygen atoms in total. The summed E-state index contributed by atoms with van der Waals surface area (Å²) in [5, 5.41) is 6.73. The highest BCUT2D eigenvalue weighted by atomic mass is 127. The first kappa shape index (κ1) is 26.3. The number of halogens is 1. The molecule has 168 valence electrons. The van der Waals surface area contributed by atoms with Gasteiger partial charge in [-0.25, -0.2) is 9.79 Å². The number of likely N-dealkylation sites (N-methyl/N-ethyl adjacent to an activating group) is 1. The molecule has 0 spiro atoms. The third-order valence-electron chi connectivity index (χ3n) is 4.55. The molecule has 2 amide bonds. The molecule has 0 saturated carbocycles. The maximum atomic E-state index is 11.9.